The maximum Gasteiger partial charge on any atom is 0.308 e. The van der Waals surface area contributed by atoms with Crippen molar-refractivity contribution in [2.75, 3.05) is 13.6 Å². The lowest BCUT2D eigenvalue weighted by Crippen LogP contribution is -2.42. The Morgan fingerprint density at radius 1 is 1.55 bits per heavy atom. The summed E-state index contributed by atoms with van der Waals surface area (Å²) in [5, 5.41) is 8.84. The number of para-hydroxylation sites is 1. The zero-order chi connectivity index (χ0) is 14.9. The molecular weight excluding hydrogens is 265 g/mol. The Morgan fingerprint density at radius 2 is 2.25 bits per heavy atom. The van der Waals surface area contributed by atoms with Crippen molar-refractivity contribution in [2.24, 2.45) is 5.92 Å². The van der Waals surface area contributed by atoms with Crippen molar-refractivity contribution in [3.63, 3.8) is 0 Å². The molecule has 108 valence electrons. The van der Waals surface area contributed by atoms with E-state index >= 15 is 0 Å². The van der Waals surface area contributed by atoms with E-state index in [2.05, 4.69) is 0 Å². The Balaban J connectivity index is 2.02. The third kappa shape index (κ3) is 2.74. The summed E-state index contributed by atoms with van der Waals surface area (Å²) in [5.74, 6) is -2.34. The maximum absolute atomic E-state index is 13.5. The summed E-state index contributed by atoms with van der Waals surface area (Å²) in [4.78, 5) is 24.3. The number of likely N-dealkylation sites (N-methyl/N-ethyl adjacent to an activating group) is 1. The molecule has 0 saturated carbocycles. The van der Waals surface area contributed by atoms with Gasteiger partial charge in [0.2, 0.25) is 0 Å². The van der Waals surface area contributed by atoms with E-state index in [1.54, 1.807) is 12.1 Å². The minimum atomic E-state index is -0.966. The predicted molar refractivity (Wildman–Crippen MR) is 69.0 cm³/mol. The molecule has 2 atom stereocenters. The minimum Gasteiger partial charge on any atom is -0.481 e. The van der Waals surface area contributed by atoms with Crippen molar-refractivity contribution in [1.29, 1.82) is 0 Å². The molecule has 1 amide bonds. The Morgan fingerprint density at radius 3 is 2.85 bits per heavy atom. The van der Waals surface area contributed by atoms with Crippen molar-refractivity contribution in [2.45, 2.75) is 19.4 Å². The third-order valence-corrected chi connectivity index (χ3v) is 3.33. The first kappa shape index (κ1) is 14.3. The van der Waals surface area contributed by atoms with Crippen molar-refractivity contribution in [3.8, 4) is 5.75 Å². The van der Waals surface area contributed by atoms with Gasteiger partial charge in [0.1, 0.15) is 0 Å². The summed E-state index contributed by atoms with van der Waals surface area (Å²) >= 11 is 0. The van der Waals surface area contributed by atoms with Crippen molar-refractivity contribution >= 4 is 11.9 Å². The van der Waals surface area contributed by atoms with Crippen LogP contribution in [0.1, 0.15) is 12.5 Å². The second-order valence-corrected chi connectivity index (χ2v) is 5.00. The first-order chi connectivity index (χ1) is 9.40. The normalized spacial score (nSPS) is 18.1. The highest BCUT2D eigenvalue weighted by Gasteiger charge is 2.33. The number of carbonyl (C=O) groups excluding carboxylic acids is 1. The molecule has 1 heterocycles. The molecule has 1 aromatic carbocycles. The van der Waals surface area contributed by atoms with Crippen LogP contribution in [0.5, 0.6) is 5.75 Å². The van der Waals surface area contributed by atoms with Crippen LogP contribution >= 0.6 is 0 Å². The molecule has 0 saturated heterocycles. The fourth-order valence-corrected chi connectivity index (χ4v) is 2.19. The highest BCUT2D eigenvalue weighted by Crippen LogP contribution is 2.31. The van der Waals surface area contributed by atoms with Gasteiger partial charge >= 0.3 is 5.97 Å². The molecule has 1 N–H and O–H groups in total. The van der Waals surface area contributed by atoms with Gasteiger partial charge in [-0.05, 0) is 6.07 Å². The molecule has 1 aliphatic heterocycles. The number of fused-ring (bicyclic) bond motifs is 1. The predicted octanol–water partition coefficient (Wildman–Crippen LogP) is 1.31. The Labute approximate surface area is 116 Å². The molecule has 6 heteroatoms. The van der Waals surface area contributed by atoms with Crippen molar-refractivity contribution < 1.29 is 23.8 Å². The van der Waals surface area contributed by atoms with Crippen LogP contribution in [-0.2, 0) is 16.0 Å². The number of carboxylic acids is 1. The number of hydrogen-bond donors (Lipinski definition) is 1. The van der Waals surface area contributed by atoms with Gasteiger partial charge in [0.15, 0.2) is 17.7 Å². The molecule has 0 bridgehead atoms. The van der Waals surface area contributed by atoms with Crippen LogP contribution in [0.4, 0.5) is 4.39 Å². The number of carboxylic acid groups (broad SMARTS) is 1. The molecule has 2 unspecified atom stereocenters. The quantitative estimate of drug-likeness (QED) is 0.903. The number of halogens is 1. The number of aliphatic carboxylic acids is 1. The monoisotopic (exact) mass is 281 g/mol. The molecular formula is C14H16FNO4. The first-order valence-corrected chi connectivity index (χ1v) is 6.32. The van der Waals surface area contributed by atoms with Crippen molar-refractivity contribution in [3.05, 3.63) is 29.6 Å². The summed E-state index contributed by atoms with van der Waals surface area (Å²) < 4.78 is 18.9. The van der Waals surface area contributed by atoms with Gasteiger partial charge < -0.3 is 14.7 Å². The zero-order valence-corrected chi connectivity index (χ0v) is 11.3. The Hall–Kier alpha value is -2.11. The smallest absolute Gasteiger partial charge is 0.308 e. The fraction of sp³-hybridized carbons (Fsp3) is 0.429. The largest absolute Gasteiger partial charge is 0.481 e. The zero-order valence-electron chi connectivity index (χ0n) is 11.3. The molecule has 0 radical (unpaired) electrons. The summed E-state index contributed by atoms with van der Waals surface area (Å²) in [6, 6.07) is 4.56. The summed E-state index contributed by atoms with van der Waals surface area (Å²) in [5.41, 5.74) is 0.656. The van der Waals surface area contributed by atoms with Crippen LogP contribution in [-0.4, -0.2) is 41.6 Å². The highest BCUT2D eigenvalue weighted by atomic mass is 19.1. The standard InChI is InChI=1S/C14H16FNO4/c1-8(14(18)19)7-16(2)13(17)11-6-9-4-3-5-10(15)12(9)20-11/h3-5,8,11H,6-7H2,1-2H3,(H,18,19). The molecule has 0 aromatic heterocycles. The topological polar surface area (TPSA) is 66.8 Å². The molecule has 0 fully saturated rings. The molecule has 1 aromatic rings. The van der Waals surface area contributed by atoms with Gasteiger partial charge in [0.05, 0.1) is 5.92 Å². The van der Waals surface area contributed by atoms with Gasteiger partial charge in [0, 0.05) is 25.6 Å². The van der Waals surface area contributed by atoms with E-state index in [4.69, 9.17) is 9.84 Å². The molecule has 1 aliphatic rings. The van der Waals surface area contributed by atoms with Gasteiger partial charge in [-0.2, -0.15) is 0 Å². The second-order valence-electron chi connectivity index (χ2n) is 5.00. The SMILES string of the molecule is CC(CN(C)C(=O)C1Cc2cccc(F)c2O1)C(=O)O. The minimum absolute atomic E-state index is 0.0901. The number of rotatable bonds is 4. The maximum atomic E-state index is 13.5. The number of amides is 1. The first-order valence-electron chi connectivity index (χ1n) is 6.32. The van der Waals surface area contributed by atoms with E-state index < -0.39 is 23.8 Å². The average Bonchev–Trinajstić information content (AvgIpc) is 2.83. The molecule has 0 spiro atoms. The number of ether oxygens (including phenoxy) is 1. The van der Waals surface area contributed by atoms with Crippen molar-refractivity contribution in [1.82, 2.24) is 4.90 Å². The van der Waals surface area contributed by atoms with Crippen LogP contribution in [0.25, 0.3) is 0 Å². The van der Waals surface area contributed by atoms with Crippen LogP contribution in [0.15, 0.2) is 18.2 Å². The van der Waals surface area contributed by atoms with Crippen LogP contribution < -0.4 is 4.74 Å². The van der Waals surface area contributed by atoms with E-state index in [-0.39, 0.29) is 18.2 Å². The number of carbonyl (C=O) groups is 2. The van der Waals surface area contributed by atoms with Gasteiger partial charge in [-0.25, -0.2) is 4.39 Å². The van der Waals surface area contributed by atoms with Gasteiger partial charge in [0.25, 0.3) is 5.91 Å². The molecule has 5 nitrogen and oxygen atoms in total. The third-order valence-electron chi connectivity index (χ3n) is 3.33. The fourth-order valence-electron chi connectivity index (χ4n) is 2.19. The number of hydrogen-bond acceptors (Lipinski definition) is 3. The van der Waals surface area contributed by atoms with Gasteiger partial charge in [-0.1, -0.05) is 19.1 Å². The van der Waals surface area contributed by atoms with E-state index in [1.807, 2.05) is 0 Å². The summed E-state index contributed by atoms with van der Waals surface area (Å²) in [6.45, 7) is 1.61. The lowest BCUT2D eigenvalue weighted by atomic mass is 10.1. The van der Waals surface area contributed by atoms with E-state index in [1.165, 1.54) is 24.9 Å². The van der Waals surface area contributed by atoms with Crippen LogP contribution in [0, 0.1) is 11.7 Å². The lowest BCUT2D eigenvalue weighted by molar-refractivity contribution is -0.144. The Bertz CT molecular complexity index is 546. The highest BCUT2D eigenvalue weighted by molar-refractivity contribution is 5.83. The Kier molecular flexibility index (Phi) is 3.92. The summed E-state index contributed by atoms with van der Waals surface area (Å²) in [6.07, 6.45) is -0.481. The van der Waals surface area contributed by atoms with Gasteiger partial charge in [-0.15, -0.1) is 0 Å². The second kappa shape index (κ2) is 5.48. The van der Waals surface area contributed by atoms with E-state index in [0.29, 0.717) is 12.0 Å². The molecule has 0 aliphatic carbocycles. The summed E-state index contributed by atoms with van der Waals surface area (Å²) in [7, 11) is 1.52. The van der Waals surface area contributed by atoms with E-state index in [0.717, 1.165) is 0 Å². The average molecular weight is 281 g/mol. The van der Waals surface area contributed by atoms with Gasteiger partial charge in [-0.3, -0.25) is 9.59 Å². The number of nitrogens with zero attached hydrogens (tertiary/aromatic N) is 1. The number of benzene rings is 1. The molecule has 20 heavy (non-hydrogen) atoms. The van der Waals surface area contributed by atoms with E-state index in [9.17, 15) is 14.0 Å². The van der Waals surface area contributed by atoms with Crippen LogP contribution in [0.2, 0.25) is 0 Å². The molecule has 2 rings (SSSR count). The van der Waals surface area contributed by atoms with Crippen LogP contribution in [0.3, 0.4) is 0 Å². The lowest BCUT2D eigenvalue weighted by Gasteiger charge is -2.22.